The van der Waals surface area contributed by atoms with Crippen molar-refractivity contribution in [3.63, 3.8) is 0 Å². The molecule has 0 aliphatic heterocycles. The maximum Gasteiger partial charge on any atom is 0.278 e. The van der Waals surface area contributed by atoms with E-state index >= 15 is 0 Å². The third-order valence-corrected chi connectivity index (χ3v) is 8.01. The number of thiazole rings is 1. The molecule has 0 saturated carbocycles. The summed E-state index contributed by atoms with van der Waals surface area (Å²) in [6.45, 7) is 2.00. The fourth-order valence-electron chi connectivity index (χ4n) is 3.65. The Morgan fingerprint density at radius 1 is 1.06 bits per heavy atom. The van der Waals surface area contributed by atoms with E-state index in [-0.39, 0.29) is 5.56 Å². The van der Waals surface area contributed by atoms with Crippen molar-refractivity contribution in [2.75, 3.05) is 0 Å². The molecule has 3 aromatic carbocycles. The number of halogens is 2. The molecule has 2 aromatic heterocycles. The lowest BCUT2D eigenvalue weighted by atomic mass is 10.2. The lowest BCUT2D eigenvalue weighted by molar-refractivity contribution is 0.627. The minimum absolute atomic E-state index is 0.188. The minimum Gasteiger partial charge on any atom is -0.275 e. The molecule has 0 aliphatic carbocycles. The van der Waals surface area contributed by atoms with Gasteiger partial charge in [0, 0.05) is 10.8 Å². The summed E-state index contributed by atoms with van der Waals surface area (Å²) >= 11 is 14.5. The number of para-hydroxylation sites is 2. The molecule has 0 aliphatic rings. The number of hydrogen-bond donors (Lipinski definition) is 0. The normalized spacial score (nSPS) is 11.3. The zero-order chi connectivity index (χ0) is 23.8. The number of fused-ring (bicyclic) bond motifs is 1. The molecule has 170 valence electrons. The highest BCUT2D eigenvalue weighted by atomic mass is 35.5. The van der Waals surface area contributed by atoms with Crippen molar-refractivity contribution < 1.29 is 4.39 Å². The first-order valence-electron chi connectivity index (χ1n) is 10.3. The standard InChI is InChI=1S/C25H17ClFN3OS3/c1-15-7-5-6-10-20(15)30-22-21(34-25(30)32)23(31)29(18-8-3-2-4-9-18)24(28-22)33-14-16-11-12-17(27)13-19(16)26/h2-13H,14H2,1H3. The average molecular weight is 526 g/mol. The second-order valence-corrected chi connectivity index (χ2v) is 10.5. The molecule has 0 amide bonds. The summed E-state index contributed by atoms with van der Waals surface area (Å²) in [5.74, 6) is 0.0223. The summed E-state index contributed by atoms with van der Waals surface area (Å²) in [7, 11) is 0. The maximum atomic E-state index is 13.7. The lowest BCUT2D eigenvalue weighted by Gasteiger charge is -2.14. The van der Waals surface area contributed by atoms with Crippen LogP contribution in [0.25, 0.3) is 21.7 Å². The van der Waals surface area contributed by atoms with Gasteiger partial charge in [0.2, 0.25) is 0 Å². The molecule has 0 atom stereocenters. The molecule has 34 heavy (non-hydrogen) atoms. The van der Waals surface area contributed by atoms with Crippen LogP contribution in [0.1, 0.15) is 11.1 Å². The zero-order valence-corrected chi connectivity index (χ0v) is 21.1. The Labute approximate surface area is 213 Å². The van der Waals surface area contributed by atoms with Gasteiger partial charge in [0.15, 0.2) is 14.8 Å². The second-order valence-electron chi connectivity index (χ2n) is 7.54. The molecule has 0 unspecified atom stereocenters. The molecular formula is C25H17ClFN3OS3. The minimum atomic E-state index is -0.394. The highest BCUT2D eigenvalue weighted by Crippen LogP contribution is 2.31. The van der Waals surface area contributed by atoms with Crippen LogP contribution < -0.4 is 5.56 Å². The smallest absolute Gasteiger partial charge is 0.275 e. The van der Waals surface area contributed by atoms with Crippen LogP contribution in [0, 0.1) is 16.7 Å². The van der Waals surface area contributed by atoms with Gasteiger partial charge in [0.25, 0.3) is 5.56 Å². The Balaban J connectivity index is 1.73. The van der Waals surface area contributed by atoms with E-state index in [1.54, 1.807) is 10.6 Å². The van der Waals surface area contributed by atoms with Gasteiger partial charge < -0.3 is 0 Å². The third-order valence-electron chi connectivity index (χ3n) is 5.32. The Bertz CT molecular complexity index is 1640. The molecule has 0 saturated heterocycles. The average Bonchev–Trinajstić information content (AvgIpc) is 3.15. The van der Waals surface area contributed by atoms with Gasteiger partial charge in [-0.15, -0.1) is 0 Å². The van der Waals surface area contributed by atoms with Gasteiger partial charge >= 0.3 is 0 Å². The fourth-order valence-corrected chi connectivity index (χ4v) is 6.26. The summed E-state index contributed by atoms with van der Waals surface area (Å²) in [5, 5.41) is 0.833. The van der Waals surface area contributed by atoms with Crippen LogP contribution in [-0.4, -0.2) is 14.1 Å². The predicted octanol–water partition coefficient (Wildman–Crippen LogP) is 7.36. The van der Waals surface area contributed by atoms with Crippen LogP contribution in [-0.2, 0) is 5.75 Å². The second kappa shape index (κ2) is 9.46. The van der Waals surface area contributed by atoms with Gasteiger partial charge in [0.05, 0.1) is 11.4 Å². The third kappa shape index (κ3) is 4.22. The van der Waals surface area contributed by atoms with Crippen molar-refractivity contribution in [3.8, 4) is 11.4 Å². The number of aromatic nitrogens is 3. The van der Waals surface area contributed by atoms with Gasteiger partial charge in [-0.3, -0.25) is 13.9 Å². The Hall–Kier alpha value is -2.78. The van der Waals surface area contributed by atoms with Crippen molar-refractivity contribution in [2.45, 2.75) is 17.8 Å². The summed E-state index contributed by atoms with van der Waals surface area (Å²) in [4.78, 5) is 18.7. The van der Waals surface area contributed by atoms with E-state index in [0.717, 1.165) is 16.8 Å². The van der Waals surface area contributed by atoms with Crippen molar-refractivity contribution in [3.05, 3.63) is 109 Å². The van der Waals surface area contributed by atoms with Crippen LogP contribution in [0.5, 0.6) is 0 Å². The van der Waals surface area contributed by atoms with E-state index < -0.39 is 5.82 Å². The van der Waals surface area contributed by atoms with Crippen molar-refractivity contribution in [1.29, 1.82) is 0 Å². The van der Waals surface area contributed by atoms with E-state index in [0.29, 0.717) is 35.9 Å². The molecule has 4 nitrogen and oxygen atoms in total. The highest BCUT2D eigenvalue weighted by Gasteiger charge is 2.20. The van der Waals surface area contributed by atoms with E-state index in [1.165, 1.54) is 35.2 Å². The maximum absolute atomic E-state index is 13.7. The largest absolute Gasteiger partial charge is 0.278 e. The Morgan fingerprint density at radius 2 is 1.79 bits per heavy atom. The van der Waals surface area contributed by atoms with Crippen LogP contribution in [0.15, 0.2) is 82.7 Å². The van der Waals surface area contributed by atoms with Crippen molar-refractivity contribution in [1.82, 2.24) is 14.1 Å². The van der Waals surface area contributed by atoms with E-state index in [9.17, 15) is 9.18 Å². The molecule has 0 radical (unpaired) electrons. The van der Waals surface area contributed by atoms with Gasteiger partial charge in [-0.2, -0.15) is 0 Å². The number of nitrogens with zero attached hydrogens (tertiary/aromatic N) is 3. The van der Waals surface area contributed by atoms with Gasteiger partial charge in [-0.1, -0.05) is 77.2 Å². The zero-order valence-electron chi connectivity index (χ0n) is 17.9. The molecule has 5 rings (SSSR count). The molecule has 0 bridgehead atoms. The van der Waals surface area contributed by atoms with Crippen molar-refractivity contribution >= 4 is 57.3 Å². The first-order valence-corrected chi connectivity index (χ1v) is 12.9. The fraction of sp³-hybridized carbons (Fsp3) is 0.0800. The molecule has 0 spiro atoms. The molecule has 9 heteroatoms. The summed E-state index contributed by atoms with van der Waals surface area (Å²) < 4.78 is 18.0. The monoisotopic (exact) mass is 525 g/mol. The number of thioether (sulfide) groups is 1. The van der Waals surface area contributed by atoms with E-state index in [1.807, 2.05) is 66.1 Å². The SMILES string of the molecule is Cc1ccccc1-n1c(=S)sc2c(=O)n(-c3ccccc3)c(SCc3ccc(F)cc3Cl)nc21. The number of rotatable bonds is 5. The number of benzene rings is 3. The van der Waals surface area contributed by atoms with Crippen LogP contribution in [0.3, 0.4) is 0 Å². The van der Waals surface area contributed by atoms with Crippen molar-refractivity contribution in [2.24, 2.45) is 0 Å². The van der Waals surface area contributed by atoms with E-state index in [4.69, 9.17) is 28.8 Å². The summed E-state index contributed by atoms with van der Waals surface area (Å²) in [5.41, 5.74) is 3.71. The number of aryl methyl sites for hydroxylation is 1. The van der Waals surface area contributed by atoms with Gasteiger partial charge in [0.1, 0.15) is 10.5 Å². The van der Waals surface area contributed by atoms with Crippen LogP contribution in [0.2, 0.25) is 5.02 Å². The Morgan fingerprint density at radius 3 is 2.53 bits per heavy atom. The van der Waals surface area contributed by atoms with Crippen LogP contribution in [0.4, 0.5) is 4.39 Å². The molecule has 2 heterocycles. The first kappa shape index (κ1) is 23.0. The summed E-state index contributed by atoms with van der Waals surface area (Å²) in [6, 6.07) is 21.5. The van der Waals surface area contributed by atoms with E-state index in [2.05, 4.69) is 0 Å². The molecule has 5 aromatic rings. The van der Waals surface area contributed by atoms with Gasteiger partial charge in [-0.05, 0) is 60.6 Å². The highest BCUT2D eigenvalue weighted by molar-refractivity contribution is 7.98. The quantitative estimate of drug-likeness (QED) is 0.136. The first-order chi connectivity index (χ1) is 16.4. The van der Waals surface area contributed by atoms with Gasteiger partial charge in [-0.25, -0.2) is 9.37 Å². The lowest BCUT2D eigenvalue weighted by Crippen LogP contribution is -2.21. The molecule has 0 N–H and O–H groups in total. The number of hydrogen-bond acceptors (Lipinski definition) is 5. The molecular weight excluding hydrogens is 509 g/mol. The summed E-state index contributed by atoms with van der Waals surface area (Å²) in [6.07, 6.45) is 0. The van der Waals surface area contributed by atoms with Crippen LogP contribution >= 0.6 is 46.9 Å². The topological polar surface area (TPSA) is 39.8 Å². The Kier molecular flexibility index (Phi) is 6.40. The predicted molar refractivity (Wildman–Crippen MR) is 141 cm³/mol. The molecule has 0 fully saturated rings.